The highest BCUT2D eigenvalue weighted by Crippen LogP contribution is 2.37. The monoisotopic (exact) mass is 323 g/mol. The third-order valence-electron chi connectivity index (χ3n) is 3.26. The fourth-order valence-corrected chi connectivity index (χ4v) is 4.32. The highest BCUT2D eigenvalue weighted by Gasteiger charge is 2.22. The molecule has 2 heterocycles. The lowest BCUT2D eigenvalue weighted by molar-refractivity contribution is -0.121. The second kappa shape index (κ2) is 6.20. The van der Waals surface area contributed by atoms with Gasteiger partial charge in [0.25, 0.3) is 0 Å². The summed E-state index contributed by atoms with van der Waals surface area (Å²) in [5.41, 5.74) is 1.15. The Balaban J connectivity index is 1.72. The van der Waals surface area contributed by atoms with Gasteiger partial charge < -0.3 is 5.32 Å². The second-order valence-electron chi connectivity index (χ2n) is 4.70. The Morgan fingerprint density at radius 3 is 3.10 bits per heavy atom. The van der Waals surface area contributed by atoms with Crippen LogP contribution in [0.3, 0.4) is 0 Å². The van der Waals surface area contributed by atoms with E-state index in [1.807, 2.05) is 47.5 Å². The lowest BCUT2D eigenvalue weighted by Crippen LogP contribution is -2.31. The van der Waals surface area contributed by atoms with Gasteiger partial charge in [-0.25, -0.2) is 0 Å². The Bertz CT molecular complexity index is 612. The number of nitrogens with one attached hydrogen (secondary N) is 1. The molecule has 1 aliphatic heterocycles. The van der Waals surface area contributed by atoms with Gasteiger partial charge in [0.05, 0.1) is 12.5 Å². The maximum Gasteiger partial charge on any atom is 0.225 e. The normalized spacial score (nSPS) is 17.6. The summed E-state index contributed by atoms with van der Waals surface area (Å²) in [5.74, 6) is 1.11. The van der Waals surface area contributed by atoms with E-state index < -0.39 is 0 Å². The van der Waals surface area contributed by atoms with E-state index in [9.17, 15) is 4.79 Å². The smallest absolute Gasteiger partial charge is 0.225 e. The van der Waals surface area contributed by atoms with Crippen LogP contribution >= 0.6 is 34.7 Å². The summed E-state index contributed by atoms with van der Waals surface area (Å²) in [6, 6.07) is 9.96. The fourth-order valence-electron chi connectivity index (χ4n) is 2.33. The third-order valence-corrected chi connectivity index (χ3v) is 5.50. The van der Waals surface area contributed by atoms with Gasteiger partial charge in [0, 0.05) is 20.5 Å². The van der Waals surface area contributed by atoms with Gasteiger partial charge >= 0.3 is 0 Å². The van der Waals surface area contributed by atoms with Crippen molar-refractivity contribution in [1.29, 1.82) is 0 Å². The van der Waals surface area contributed by atoms with Gasteiger partial charge in [0.2, 0.25) is 5.91 Å². The van der Waals surface area contributed by atoms with E-state index in [0.29, 0.717) is 6.42 Å². The molecule has 0 saturated heterocycles. The Morgan fingerprint density at radius 1 is 1.40 bits per heavy atom. The first kappa shape index (κ1) is 14.0. The van der Waals surface area contributed by atoms with Crippen LogP contribution < -0.4 is 5.32 Å². The van der Waals surface area contributed by atoms with E-state index in [-0.39, 0.29) is 11.9 Å². The summed E-state index contributed by atoms with van der Waals surface area (Å²) in [7, 11) is 0. The molecule has 20 heavy (non-hydrogen) atoms. The number of amides is 1. The minimum Gasteiger partial charge on any atom is -0.349 e. The van der Waals surface area contributed by atoms with Gasteiger partial charge in [-0.3, -0.25) is 4.79 Å². The number of benzene rings is 1. The minimum absolute atomic E-state index is 0.0790. The Morgan fingerprint density at radius 2 is 2.30 bits per heavy atom. The van der Waals surface area contributed by atoms with E-state index >= 15 is 0 Å². The molecule has 104 valence electrons. The van der Waals surface area contributed by atoms with Crippen LogP contribution in [-0.2, 0) is 11.2 Å². The van der Waals surface area contributed by atoms with Gasteiger partial charge in [-0.1, -0.05) is 17.7 Å². The van der Waals surface area contributed by atoms with Gasteiger partial charge in [-0.15, -0.1) is 23.1 Å². The molecule has 2 aromatic rings. The maximum atomic E-state index is 12.1. The summed E-state index contributed by atoms with van der Waals surface area (Å²) in [4.78, 5) is 14.4. The number of rotatable bonds is 3. The molecule has 0 aliphatic carbocycles. The number of carbonyl (C=O) groups is 1. The molecule has 0 saturated carbocycles. The van der Waals surface area contributed by atoms with Crippen LogP contribution in [0.2, 0.25) is 5.02 Å². The first-order valence-electron chi connectivity index (χ1n) is 6.46. The summed E-state index contributed by atoms with van der Waals surface area (Å²) >= 11 is 9.51. The highest BCUT2D eigenvalue weighted by molar-refractivity contribution is 7.99. The molecule has 0 fully saturated rings. The molecular formula is C15H14ClNOS2. The predicted octanol–water partition coefficient (Wildman–Crippen LogP) is 4.30. The molecule has 1 aliphatic rings. The maximum absolute atomic E-state index is 12.1. The van der Waals surface area contributed by atoms with Crippen LogP contribution in [0.15, 0.2) is 40.6 Å². The average Bonchev–Trinajstić information content (AvgIpc) is 2.92. The van der Waals surface area contributed by atoms with Gasteiger partial charge in [-0.2, -0.15) is 0 Å². The zero-order chi connectivity index (χ0) is 13.9. The zero-order valence-corrected chi connectivity index (χ0v) is 13.2. The Labute approximate surface area is 131 Å². The van der Waals surface area contributed by atoms with Crippen LogP contribution in [0.4, 0.5) is 0 Å². The lowest BCUT2D eigenvalue weighted by Gasteiger charge is -2.26. The van der Waals surface area contributed by atoms with Crippen molar-refractivity contribution in [2.75, 3.05) is 5.75 Å². The van der Waals surface area contributed by atoms with Crippen molar-refractivity contribution in [2.45, 2.75) is 23.8 Å². The van der Waals surface area contributed by atoms with E-state index in [1.54, 1.807) is 11.3 Å². The zero-order valence-electron chi connectivity index (χ0n) is 10.8. The van der Waals surface area contributed by atoms with Gasteiger partial charge in [0.1, 0.15) is 0 Å². The molecule has 0 radical (unpaired) electrons. The Hall–Kier alpha value is -0.970. The van der Waals surface area contributed by atoms with Crippen molar-refractivity contribution in [3.63, 3.8) is 0 Å². The van der Waals surface area contributed by atoms with Crippen molar-refractivity contribution in [2.24, 2.45) is 0 Å². The molecule has 0 unspecified atom stereocenters. The summed E-state index contributed by atoms with van der Waals surface area (Å²) in [5, 5.41) is 5.86. The Kier molecular flexibility index (Phi) is 4.34. The molecule has 0 bridgehead atoms. The number of hydrogen-bond donors (Lipinski definition) is 1. The van der Waals surface area contributed by atoms with E-state index in [0.717, 1.165) is 27.6 Å². The fraction of sp³-hybridized carbons (Fsp3) is 0.267. The molecule has 1 aromatic heterocycles. The van der Waals surface area contributed by atoms with Gasteiger partial charge in [0.15, 0.2) is 0 Å². The lowest BCUT2D eigenvalue weighted by atomic mass is 10.0. The first-order chi connectivity index (χ1) is 9.72. The molecule has 0 spiro atoms. The third kappa shape index (κ3) is 3.19. The number of halogens is 1. The minimum atomic E-state index is 0.0790. The molecule has 1 aromatic carbocycles. The topological polar surface area (TPSA) is 29.1 Å². The largest absolute Gasteiger partial charge is 0.349 e. The van der Waals surface area contributed by atoms with E-state index in [4.69, 9.17) is 11.6 Å². The average molecular weight is 324 g/mol. The second-order valence-corrected chi connectivity index (χ2v) is 7.30. The van der Waals surface area contributed by atoms with Crippen LogP contribution in [0.25, 0.3) is 0 Å². The molecule has 3 rings (SSSR count). The molecule has 2 nitrogen and oxygen atoms in total. The summed E-state index contributed by atoms with van der Waals surface area (Å²) < 4.78 is 0. The van der Waals surface area contributed by atoms with Crippen molar-refractivity contribution >= 4 is 40.6 Å². The predicted molar refractivity (Wildman–Crippen MR) is 85.7 cm³/mol. The number of fused-ring (bicyclic) bond motifs is 1. The van der Waals surface area contributed by atoms with E-state index in [1.165, 1.54) is 4.90 Å². The van der Waals surface area contributed by atoms with Crippen LogP contribution in [0, 0.1) is 0 Å². The number of hydrogen-bond acceptors (Lipinski definition) is 3. The molecule has 5 heteroatoms. The molecule has 1 atom stereocenters. The first-order valence-corrected chi connectivity index (χ1v) is 8.71. The van der Waals surface area contributed by atoms with Crippen LogP contribution in [-0.4, -0.2) is 11.7 Å². The number of thiophene rings is 1. The van der Waals surface area contributed by atoms with Crippen molar-refractivity contribution in [1.82, 2.24) is 5.32 Å². The summed E-state index contributed by atoms with van der Waals surface area (Å²) in [6.45, 7) is 0. The van der Waals surface area contributed by atoms with Gasteiger partial charge in [-0.05, 0) is 41.6 Å². The highest BCUT2D eigenvalue weighted by atomic mass is 35.5. The van der Waals surface area contributed by atoms with Crippen LogP contribution in [0.5, 0.6) is 0 Å². The quantitative estimate of drug-likeness (QED) is 0.912. The van der Waals surface area contributed by atoms with Crippen molar-refractivity contribution < 1.29 is 4.79 Å². The number of thioether (sulfide) groups is 1. The molecule has 1 N–H and O–H groups in total. The van der Waals surface area contributed by atoms with E-state index in [2.05, 4.69) is 5.32 Å². The summed E-state index contributed by atoms with van der Waals surface area (Å²) in [6.07, 6.45) is 1.41. The van der Waals surface area contributed by atoms with Crippen molar-refractivity contribution in [3.05, 3.63) is 51.2 Å². The van der Waals surface area contributed by atoms with Crippen molar-refractivity contribution in [3.8, 4) is 0 Å². The molecular weight excluding hydrogens is 310 g/mol. The SMILES string of the molecule is O=C(Cc1cccs1)N[C@H]1CCSc2ccc(Cl)cc21. The van der Waals surface area contributed by atoms with Crippen LogP contribution in [0.1, 0.15) is 22.9 Å². The standard InChI is InChI=1S/C15H14ClNOS2/c16-10-3-4-14-12(8-10)13(5-7-20-14)17-15(18)9-11-2-1-6-19-11/h1-4,6,8,13H,5,7,9H2,(H,17,18)/t13-/m0/s1. The molecule has 1 amide bonds. The number of carbonyl (C=O) groups excluding carboxylic acids is 1.